The number of nitrogens with zero attached hydrogens (tertiary/aromatic N) is 3. The minimum Gasteiger partial charge on any atom is -0.383 e. The Bertz CT molecular complexity index is 1360. The van der Waals surface area contributed by atoms with Crippen LogP contribution in [0.3, 0.4) is 0 Å². The van der Waals surface area contributed by atoms with Crippen molar-refractivity contribution in [1.29, 1.82) is 0 Å². The van der Waals surface area contributed by atoms with Crippen molar-refractivity contribution in [3.63, 3.8) is 0 Å². The molecule has 0 aliphatic heterocycles. The summed E-state index contributed by atoms with van der Waals surface area (Å²) >= 11 is 1.44. The third kappa shape index (κ3) is 6.14. The number of fused-ring (bicyclic) bond motifs is 1. The highest BCUT2D eigenvalue weighted by molar-refractivity contribution is 7.89. The smallest absolute Gasteiger partial charge is 0.279 e. The van der Waals surface area contributed by atoms with E-state index in [9.17, 15) is 13.2 Å². The Kier molecular flexibility index (Phi) is 9.15. The number of aryl methyl sites for hydroxylation is 2. The predicted molar refractivity (Wildman–Crippen MR) is 138 cm³/mol. The molecule has 188 valence electrons. The van der Waals surface area contributed by atoms with Gasteiger partial charge in [-0.1, -0.05) is 17.4 Å². The molecule has 0 saturated heterocycles. The Labute approximate surface area is 210 Å². The van der Waals surface area contributed by atoms with Crippen LogP contribution in [0.15, 0.2) is 58.9 Å². The van der Waals surface area contributed by atoms with E-state index in [0.717, 1.165) is 15.8 Å². The van der Waals surface area contributed by atoms with Crippen LogP contribution in [0.5, 0.6) is 0 Å². The molecule has 0 fully saturated rings. The summed E-state index contributed by atoms with van der Waals surface area (Å²) in [6, 6.07) is 10.0. The highest BCUT2D eigenvalue weighted by Crippen LogP contribution is 2.22. The molecule has 3 aromatic rings. The first-order chi connectivity index (χ1) is 16.7. The second-order valence-electron chi connectivity index (χ2n) is 8.02. The number of methoxy groups -OCH3 is 2. The minimum absolute atomic E-state index is 0.0933. The number of allylic oxidation sites excluding steroid dienone is 1. The minimum atomic E-state index is -3.77. The lowest BCUT2D eigenvalue weighted by atomic mass is 10.1. The Morgan fingerprint density at radius 2 is 1.69 bits per heavy atom. The van der Waals surface area contributed by atoms with E-state index in [0.29, 0.717) is 16.9 Å². The number of sulfonamides is 1. The van der Waals surface area contributed by atoms with Gasteiger partial charge in [0.1, 0.15) is 0 Å². The van der Waals surface area contributed by atoms with Crippen molar-refractivity contribution in [3.8, 4) is 0 Å². The zero-order valence-electron chi connectivity index (χ0n) is 20.5. The summed E-state index contributed by atoms with van der Waals surface area (Å²) in [7, 11) is -0.735. The summed E-state index contributed by atoms with van der Waals surface area (Å²) in [5.74, 6) is -0.442. The molecule has 0 atom stereocenters. The van der Waals surface area contributed by atoms with Gasteiger partial charge in [0, 0.05) is 39.4 Å². The lowest BCUT2D eigenvalue weighted by molar-refractivity contribution is 0.0997. The van der Waals surface area contributed by atoms with Crippen LogP contribution in [0.1, 0.15) is 21.5 Å². The Hall–Kier alpha value is -2.63. The molecule has 10 heteroatoms. The molecule has 0 saturated carbocycles. The molecule has 8 nitrogen and oxygen atoms in total. The van der Waals surface area contributed by atoms with Gasteiger partial charge in [0.2, 0.25) is 10.0 Å². The SMILES string of the molecule is C=CCn1c(=NC(=O)c2ccc(S(=O)(=O)N(CCOC)CCOC)cc2)sc2cc(C)c(C)cc21. The highest BCUT2D eigenvalue weighted by Gasteiger charge is 2.24. The van der Waals surface area contributed by atoms with Crippen LogP contribution in [0.2, 0.25) is 0 Å². The number of rotatable bonds is 11. The van der Waals surface area contributed by atoms with Crippen LogP contribution in [0.25, 0.3) is 10.2 Å². The number of thiazole rings is 1. The van der Waals surface area contributed by atoms with Crippen molar-refractivity contribution in [3.05, 3.63) is 70.5 Å². The normalized spacial score (nSPS) is 12.5. The van der Waals surface area contributed by atoms with Gasteiger partial charge in [0.25, 0.3) is 5.91 Å². The molecular formula is C25H31N3O5S2. The zero-order chi connectivity index (χ0) is 25.6. The van der Waals surface area contributed by atoms with E-state index in [4.69, 9.17) is 9.47 Å². The van der Waals surface area contributed by atoms with Gasteiger partial charge < -0.3 is 14.0 Å². The number of ether oxygens (including phenoxy) is 2. The fourth-order valence-electron chi connectivity index (χ4n) is 3.52. The molecule has 0 unspecified atom stereocenters. The van der Waals surface area contributed by atoms with Crippen LogP contribution < -0.4 is 4.80 Å². The van der Waals surface area contributed by atoms with Crippen LogP contribution in [0.4, 0.5) is 0 Å². The van der Waals surface area contributed by atoms with Crippen LogP contribution in [-0.2, 0) is 26.0 Å². The molecule has 0 bridgehead atoms. The number of aromatic nitrogens is 1. The number of amides is 1. The number of hydrogen-bond acceptors (Lipinski definition) is 6. The summed E-state index contributed by atoms with van der Waals surface area (Å²) in [5.41, 5.74) is 3.63. The molecule has 0 aliphatic rings. The topological polar surface area (TPSA) is 90.2 Å². The zero-order valence-corrected chi connectivity index (χ0v) is 22.1. The Morgan fingerprint density at radius 3 is 2.26 bits per heavy atom. The first kappa shape index (κ1) is 27.0. The summed E-state index contributed by atoms with van der Waals surface area (Å²) in [5, 5.41) is 0. The van der Waals surface area contributed by atoms with E-state index >= 15 is 0 Å². The third-order valence-corrected chi connectivity index (χ3v) is 8.59. The van der Waals surface area contributed by atoms with E-state index in [1.54, 1.807) is 6.08 Å². The van der Waals surface area contributed by atoms with Crippen molar-refractivity contribution < 1.29 is 22.7 Å². The average molecular weight is 518 g/mol. The van der Waals surface area contributed by atoms with Gasteiger partial charge >= 0.3 is 0 Å². The van der Waals surface area contributed by atoms with E-state index in [-0.39, 0.29) is 31.2 Å². The Morgan fingerprint density at radius 1 is 1.09 bits per heavy atom. The number of hydrogen-bond donors (Lipinski definition) is 0. The van der Waals surface area contributed by atoms with Gasteiger partial charge in [-0.2, -0.15) is 9.30 Å². The fraction of sp³-hybridized carbons (Fsp3) is 0.360. The molecule has 3 rings (SSSR count). The van der Waals surface area contributed by atoms with Crippen molar-refractivity contribution in [2.75, 3.05) is 40.5 Å². The molecule has 0 N–H and O–H groups in total. The second kappa shape index (κ2) is 11.9. The van der Waals surface area contributed by atoms with E-state index < -0.39 is 15.9 Å². The largest absolute Gasteiger partial charge is 0.383 e. The lowest BCUT2D eigenvalue weighted by Gasteiger charge is -2.21. The quantitative estimate of drug-likeness (QED) is 0.363. The van der Waals surface area contributed by atoms with Crippen molar-refractivity contribution in [1.82, 2.24) is 8.87 Å². The summed E-state index contributed by atoms with van der Waals surface area (Å²) in [6.45, 7) is 9.37. The number of carbonyl (C=O) groups is 1. The molecule has 35 heavy (non-hydrogen) atoms. The third-order valence-electron chi connectivity index (χ3n) is 5.64. The van der Waals surface area contributed by atoms with Crippen molar-refractivity contribution >= 4 is 37.5 Å². The number of benzene rings is 2. The first-order valence-electron chi connectivity index (χ1n) is 11.1. The molecule has 1 aromatic heterocycles. The van der Waals surface area contributed by atoms with Gasteiger partial charge in [0.05, 0.1) is 28.3 Å². The summed E-state index contributed by atoms with van der Waals surface area (Å²) < 4.78 is 40.5. The maximum Gasteiger partial charge on any atom is 0.279 e. The second-order valence-corrected chi connectivity index (χ2v) is 11.0. The van der Waals surface area contributed by atoms with Gasteiger partial charge in [-0.15, -0.1) is 6.58 Å². The molecule has 0 aliphatic carbocycles. The molecule has 0 spiro atoms. The van der Waals surface area contributed by atoms with E-state index in [2.05, 4.69) is 30.6 Å². The van der Waals surface area contributed by atoms with E-state index in [1.807, 2.05) is 11.5 Å². The molecule has 2 aromatic carbocycles. The molecule has 1 heterocycles. The van der Waals surface area contributed by atoms with Gasteiger partial charge in [-0.25, -0.2) is 8.42 Å². The van der Waals surface area contributed by atoms with Crippen LogP contribution >= 0.6 is 11.3 Å². The molecule has 0 radical (unpaired) electrons. The predicted octanol–water partition coefficient (Wildman–Crippen LogP) is 3.53. The van der Waals surface area contributed by atoms with Crippen LogP contribution in [0, 0.1) is 13.8 Å². The van der Waals surface area contributed by atoms with Crippen LogP contribution in [-0.4, -0.2) is 63.7 Å². The molecular weight excluding hydrogens is 486 g/mol. The van der Waals surface area contributed by atoms with E-state index in [1.165, 1.54) is 59.7 Å². The average Bonchev–Trinajstić information content (AvgIpc) is 3.15. The standard InChI is InChI=1S/C25H31N3O5S2/c1-6-11-28-22-16-18(2)19(3)17-23(22)34-25(28)26-24(29)20-7-9-21(10-8-20)35(30,31)27(12-14-32-4)13-15-33-5/h6-10,16-17H,1,11-15H2,2-5H3. The Balaban J connectivity index is 1.93. The maximum atomic E-state index is 13.1. The van der Waals surface area contributed by atoms with Crippen molar-refractivity contribution in [2.45, 2.75) is 25.3 Å². The first-order valence-corrected chi connectivity index (χ1v) is 13.4. The summed E-state index contributed by atoms with van der Waals surface area (Å²) in [4.78, 5) is 18.0. The number of carbonyl (C=O) groups excluding carboxylic acids is 1. The van der Waals surface area contributed by atoms with Gasteiger partial charge in [-0.3, -0.25) is 4.79 Å². The highest BCUT2D eigenvalue weighted by atomic mass is 32.2. The van der Waals surface area contributed by atoms with Gasteiger partial charge in [-0.05, 0) is 61.4 Å². The fourth-order valence-corrected chi connectivity index (χ4v) is 6.05. The molecule has 1 amide bonds. The lowest BCUT2D eigenvalue weighted by Crippen LogP contribution is -2.36. The monoisotopic (exact) mass is 517 g/mol. The van der Waals surface area contributed by atoms with Crippen molar-refractivity contribution in [2.24, 2.45) is 4.99 Å². The maximum absolute atomic E-state index is 13.1. The summed E-state index contributed by atoms with van der Waals surface area (Å²) in [6.07, 6.45) is 1.77. The van der Waals surface area contributed by atoms with Gasteiger partial charge in [0.15, 0.2) is 4.80 Å².